The summed E-state index contributed by atoms with van der Waals surface area (Å²) in [6, 6.07) is 3.24. The van der Waals surface area contributed by atoms with E-state index in [-0.39, 0.29) is 13.2 Å². The summed E-state index contributed by atoms with van der Waals surface area (Å²) in [4.78, 5) is 12.5. The van der Waals surface area contributed by atoms with Gasteiger partial charge in [0.15, 0.2) is 5.82 Å². The van der Waals surface area contributed by atoms with E-state index in [1.165, 1.54) is 6.20 Å². The average molecular weight is 376 g/mol. The summed E-state index contributed by atoms with van der Waals surface area (Å²) in [6.45, 7) is 0.255. The van der Waals surface area contributed by atoms with E-state index in [2.05, 4.69) is 30.7 Å². The van der Waals surface area contributed by atoms with Crippen LogP contribution in [0.15, 0.2) is 43.1 Å². The second kappa shape index (κ2) is 8.56. The fraction of sp³-hybridized carbons (Fsp3) is 0.250. The minimum Gasteiger partial charge on any atom is -0.394 e. The van der Waals surface area contributed by atoms with E-state index in [4.69, 9.17) is 16.7 Å². The van der Waals surface area contributed by atoms with Crippen LogP contribution in [0.5, 0.6) is 0 Å². The average Bonchev–Trinajstić information content (AvgIpc) is 3.10. The predicted molar refractivity (Wildman–Crippen MR) is 97.3 cm³/mol. The van der Waals surface area contributed by atoms with Gasteiger partial charge in [0.25, 0.3) is 0 Å². The molecule has 3 rings (SSSR count). The van der Waals surface area contributed by atoms with Crippen LogP contribution in [0.3, 0.4) is 0 Å². The summed E-state index contributed by atoms with van der Waals surface area (Å²) in [5.74, 6) is 0.707. The summed E-state index contributed by atoms with van der Waals surface area (Å²) in [5, 5.41) is 29.1. The fourth-order valence-electron chi connectivity index (χ4n) is 2.29. The van der Waals surface area contributed by atoms with Crippen molar-refractivity contribution in [3.63, 3.8) is 0 Å². The summed E-state index contributed by atoms with van der Waals surface area (Å²) >= 11 is 6.18. The topological polar surface area (TPSA) is 121 Å². The third-order valence-corrected chi connectivity index (χ3v) is 3.82. The van der Waals surface area contributed by atoms with Crippen molar-refractivity contribution in [1.82, 2.24) is 24.7 Å². The number of rotatable bonds is 8. The van der Waals surface area contributed by atoms with Gasteiger partial charge in [0, 0.05) is 18.6 Å². The van der Waals surface area contributed by atoms with E-state index in [9.17, 15) is 5.11 Å². The summed E-state index contributed by atoms with van der Waals surface area (Å²) < 4.78 is 1.60. The van der Waals surface area contributed by atoms with Crippen molar-refractivity contribution < 1.29 is 10.2 Å². The molecule has 0 aliphatic carbocycles. The first-order valence-corrected chi connectivity index (χ1v) is 8.27. The lowest BCUT2D eigenvalue weighted by Crippen LogP contribution is -2.16. The molecule has 0 aliphatic heterocycles. The number of aliphatic hydroxyl groups excluding tert-OH is 2. The summed E-state index contributed by atoms with van der Waals surface area (Å²) in [6.07, 6.45) is 8.13. The highest BCUT2D eigenvalue weighted by Crippen LogP contribution is 2.25. The number of aromatic nitrogens is 5. The Morgan fingerprint density at radius 3 is 2.85 bits per heavy atom. The van der Waals surface area contributed by atoms with Crippen molar-refractivity contribution in [2.45, 2.75) is 12.6 Å². The second-order valence-electron chi connectivity index (χ2n) is 5.40. The predicted octanol–water partition coefficient (Wildman–Crippen LogP) is 1.60. The Labute approximate surface area is 154 Å². The van der Waals surface area contributed by atoms with Crippen LogP contribution in [0.2, 0.25) is 5.02 Å². The Hall–Kier alpha value is -2.75. The molecule has 4 N–H and O–H groups in total. The van der Waals surface area contributed by atoms with E-state index >= 15 is 0 Å². The Kier molecular flexibility index (Phi) is 5.95. The molecule has 3 heterocycles. The van der Waals surface area contributed by atoms with Crippen LogP contribution in [0.4, 0.5) is 17.5 Å². The molecule has 0 bridgehead atoms. The molecule has 0 aromatic carbocycles. The van der Waals surface area contributed by atoms with E-state index < -0.39 is 6.04 Å². The Morgan fingerprint density at radius 2 is 2.12 bits per heavy atom. The second-order valence-corrected chi connectivity index (χ2v) is 5.80. The summed E-state index contributed by atoms with van der Waals surface area (Å²) in [7, 11) is 0. The van der Waals surface area contributed by atoms with Gasteiger partial charge in [-0.1, -0.05) is 17.7 Å². The highest BCUT2D eigenvalue weighted by atomic mass is 35.5. The smallest absolute Gasteiger partial charge is 0.229 e. The molecule has 10 heteroatoms. The maximum atomic E-state index is 9.67. The number of nitrogens with one attached hydrogen (secondary N) is 2. The number of anilines is 3. The molecule has 1 unspecified atom stereocenters. The molecule has 0 saturated carbocycles. The third kappa shape index (κ3) is 4.45. The van der Waals surface area contributed by atoms with Crippen molar-refractivity contribution in [2.75, 3.05) is 23.8 Å². The third-order valence-electron chi connectivity index (χ3n) is 3.54. The molecule has 0 spiro atoms. The van der Waals surface area contributed by atoms with Crippen molar-refractivity contribution in [1.29, 1.82) is 0 Å². The molecular weight excluding hydrogens is 358 g/mol. The minimum absolute atomic E-state index is 0.00350. The zero-order valence-electron chi connectivity index (χ0n) is 13.7. The first kappa shape index (κ1) is 18.1. The molecule has 9 nitrogen and oxygen atoms in total. The van der Waals surface area contributed by atoms with E-state index in [1.807, 2.05) is 6.07 Å². The van der Waals surface area contributed by atoms with Gasteiger partial charge in [-0.2, -0.15) is 10.1 Å². The van der Waals surface area contributed by atoms with Crippen LogP contribution in [0.1, 0.15) is 11.6 Å². The van der Waals surface area contributed by atoms with Crippen LogP contribution < -0.4 is 10.6 Å². The van der Waals surface area contributed by atoms with Gasteiger partial charge in [-0.15, -0.1) is 0 Å². The van der Waals surface area contributed by atoms with Crippen LogP contribution in [0.25, 0.3) is 0 Å². The largest absolute Gasteiger partial charge is 0.394 e. The summed E-state index contributed by atoms with van der Waals surface area (Å²) in [5.41, 5.74) is 1.49. The van der Waals surface area contributed by atoms with Gasteiger partial charge in [0.2, 0.25) is 5.95 Å². The monoisotopic (exact) mass is 375 g/mol. The van der Waals surface area contributed by atoms with Gasteiger partial charge in [-0.05, 0) is 11.6 Å². The molecule has 0 aliphatic rings. The quantitative estimate of drug-likeness (QED) is 0.468. The van der Waals surface area contributed by atoms with Crippen molar-refractivity contribution >= 4 is 29.1 Å². The van der Waals surface area contributed by atoms with E-state index in [1.54, 1.807) is 35.5 Å². The van der Waals surface area contributed by atoms with Crippen LogP contribution in [0, 0.1) is 0 Å². The number of pyridine rings is 1. The molecular formula is C16H18ClN7O2. The van der Waals surface area contributed by atoms with E-state index in [0.29, 0.717) is 29.0 Å². The lowest BCUT2D eigenvalue weighted by atomic mass is 10.1. The van der Waals surface area contributed by atoms with E-state index in [0.717, 1.165) is 5.56 Å². The van der Waals surface area contributed by atoms with Crippen LogP contribution >= 0.6 is 11.6 Å². The van der Waals surface area contributed by atoms with Gasteiger partial charge >= 0.3 is 0 Å². The number of hydrogen-bond donors (Lipinski definition) is 4. The number of hydrogen-bond acceptors (Lipinski definition) is 8. The molecule has 3 aromatic rings. The number of halogens is 1. The molecule has 0 saturated heterocycles. The highest BCUT2D eigenvalue weighted by Gasteiger charge is 2.14. The lowest BCUT2D eigenvalue weighted by molar-refractivity contribution is 0.269. The Bertz CT molecular complexity index is 844. The van der Waals surface area contributed by atoms with Gasteiger partial charge in [-0.3, -0.25) is 9.67 Å². The van der Waals surface area contributed by atoms with Crippen molar-refractivity contribution in [3.8, 4) is 0 Å². The number of aliphatic hydroxyl groups is 2. The molecule has 0 amide bonds. The van der Waals surface area contributed by atoms with Crippen molar-refractivity contribution in [3.05, 3.63) is 53.7 Å². The molecule has 1 atom stereocenters. The minimum atomic E-state index is -0.406. The molecule has 0 fully saturated rings. The van der Waals surface area contributed by atoms with Gasteiger partial charge < -0.3 is 20.8 Å². The zero-order valence-corrected chi connectivity index (χ0v) is 14.5. The Morgan fingerprint density at radius 1 is 1.23 bits per heavy atom. The maximum absolute atomic E-state index is 9.67. The fourth-order valence-corrected chi connectivity index (χ4v) is 2.44. The first-order valence-electron chi connectivity index (χ1n) is 7.90. The van der Waals surface area contributed by atoms with Crippen molar-refractivity contribution in [2.24, 2.45) is 0 Å². The lowest BCUT2D eigenvalue weighted by Gasteiger charge is -2.18. The maximum Gasteiger partial charge on any atom is 0.229 e. The van der Waals surface area contributed by atoms with Gasteiger partial charge in [0.1, 0.15) is 5.02 Å². The Balaban J connectivity index is 1.76. The normalized spacial score (nSPS) is 12.0. The molecule has 136 valence electrons. The standard InChI is InChI=1S/C16H18ClN7O2/c17-13-8-19-16(21-12-7-20-24(9-12)4-5-25)23-15(13)22-14(10-26)11-2-1-3-18-6-11/h1-3,6-9,14,25-26H,4-5,10H2,(H2,19,21,22,23). The van der Waals surface area contributed by atoms with Crippen LogP contribution in [-0.2, 0) is 6.54 Å². The molecule has 26 heavy (non-hydrogen) atoms. The van der Waals surface area contributed by atoms with Crippen LogP contribution in [-0.4, -0.2) is 48.2 Å². The molecule has 3 aromatic heterocycles. The first-order chi connectivity index (χ1) is 12.7. The number of nitrogens with zero attached hydrogens (tertiary/aromatic N) is 5. The van der Waals surface area contributed by atoms with Gasteiger partial charge in [0.05, 0.1) is 43.9 Å². The molecule has 0 radical (unpaired) electrons. The highest BCUT2D eigenvalue weighted by molar-refractivity contribution is 6.32. The zero-order chi connectivity index (χ0) is 18.4. The van der Waals surface area contributed by atoms with Gasteiger partial charge in [-0.25, -0.2) is 4.98 Å². The SMILES string of the molecule is OCCn1cc(Nc2ncc(Cl)c(NC(CO)c3cccnc3)n2)cn1.